The van der Waals surface area contributed by atoms with E-state index in [0.717, 1.165) is 38.8 Å². The summed E-state index contributed by atoms with van der Waals surface area (Å²) in [6.07, 6.45) is 3.97. The molecule has 1 aliphatic heterocycles. The highest BCUT2D eigenvalue weighted by Crippen LogP contribution is 2.03. The molecule has 0 aromatic carbocycles. The summed E-state index contributed by atoms with van der Waals surface area (Å²) in [5.41, 5.74) is 0. The van der Waals surface area contributed by atoms with Gasteiger partial charge in [0.15, 0.2) is 0 Å². The number of carbonyl (C=O) groups is 2. The van der Waals surface area contributed by atoms with Crippen LogP contribution in [0.25, 0.3) is 0 Å². The fourth-order valence-electron chi connectivity index (χ4n) is 2.02. The Labute approximate surface area is 108 Å². The number of nitrogens with one attached hydrogen (secondary N) is 3. The summed E-state index contributed by atoms with van der Waals surface area (Å²) in [4.78, 5) is 22.7. The summed E-state index contributed by atoms with van der Waals surface area (Å²) in [7, 11) is 0. The molecule has 1 fully saturated rings. The molecular weight excluding hydrogens is 234 g/mol. The predicted octanol–water partition coefficient (Wildman–Crippen LogP) is 0.681. The number of unbranched alkanes of at least 4 members (excludes halogenated alkanes) is 1. The molecule has 6 nitrogen and oxygen atoms in total. The molecule has 0 bridgehead atoms. The maximum atomic E-state index is 11.7. The van der Waals surface area contributed by atoms with Crippen LogP contribution < -0.4 is 16.0 Å². The second-order valence-corrected chi connectivity index (χ2v) is 4.68. The van der Waals surface area contributed by atoms with E-state index in [-0.39, 0.29) is 12.1 Å². The normalized spacial score (nSPS) is 18.1. The number of urea groups is 1. The highest BCUT2D eigenvalue weighted by Gasteiger charge is 2.21. The first-order valence-electron chi connectivity index (χ1n) is 6.64. The van der Waals surface area contributed by atoms with Crippen LogP contribution in [-0.2, 0) is 4.79 Å². The van der Waals surface area contributed by atoms with Gasteiger partial charge in [-0.05, 0) is 32.4 Å². The molecular formula is C12H23N3O3. The van der Waals surface area contributed by atoms with E-state index in [4.69, 9.17) is 5.11 Å². The van der Waals surface area contributed by atoms with Crippen LogP contribution in [0.5, 0.6) is 0 Å². The molecule has 0 aromatic heterocycles. The van der Waals surface area contributed by atoms with Crippen molar-refractivity contribution in [3.05, 3.63) is 0 Å². The van der Waals surface area contributed by atoms with Crippen molar-refractivity contribution in [2.24, 2.45) is 0 Å². The zero-order chi connectivity index (χ0) is 13.4. The van der Waals surface area contributed by atoms with E-state index < -0.39 is 12.0 Å². The average molecular weight is 257 g/mol. The Morgan fingerprint density at radius 3 is 2.61 bits per heavy atom. The van der Waals surface area contributed by atoms with Crippen molar-refractivity contribution in [3.63, 3.8) is 0 Å². The molecule has 1 saturated heterocycles. The lowest BCUT2D eigenvalue weighted by Gasteiger charge is -2.24. The van der Waals surface area contributed by atoms with E-state index >= 15 is 0 Å². The zero-order valence-electron chi connectivity index (χ0n) is 10.9. The predicted molar refractivity (Wildman–Crippen MR) is 68.5 cm³/mol. The molecule has 0 radical (unpaired) electrons. The second-order valence-electron chi connectivity index (χ2n) is 4.68. The molecule has 0 spiro atoms. The summed E-state index contributed by atoms with van der Waals surface area (Å²) >= 11 is 0. The van der Waals surface area contributed by atoms with Gasteiger partial charge in [0, 0.05) is 6.04 Å². The minimum atomic E-state index is -0.969. The second kappa shape index (κ2) is 7.92. The lowest BCUT2D eigenvalue weighted by molar-refractivity contribution is -0.139. The largest absolute Gasteiger partial charge is 0.480 e. The molecule has 1 heterocycles. The topological polar surface area (TPSA) is 90.5 Å². The Hall–Kier alpha value is -1.30. The number of carboxylic acids is 1. The monoisotopic (exact) mass is 257 g/mol. The van der Waals surface area contributed by atoms with Crippen LogP contribution in [0.2, 0.25) is 0 Å². The first-order valence-corrected chi connectivity index (χ1v) is 6.64. The maximum Gasteiger partial charge on any atom is 0.326 e. The van der Waals surface area contributed by atoms with Gasteiger partial charge in [-0.3, -0.25) is 0 Å². The van der Waals surface area contributed by atoms with E-state index in [0.29, 0.717) is 6.42 Å². The van der Waals surface area contributed by atoms with Crippen LogP contribution in [0.1, 0.15) is 39.0 Å². The van der Waals surface area contributed by atoms with Crippen LogP contribution in [-0.4, -0.2) is 42.3 Å². The van der Waals surface area contributed by atoms with E-state index in [1.165, 1.54) is 0 Å². The van der Waals surface area contributed by atoms with E-state index in [1.54, 1.807) is 0 Å². The number of piperidine rings is 1. The lowest BCUT2D eigenvalue weighted by Crippen LogP contribution is -2.51. The van der Waals surface area contributed by atoms with Gasteiger partial charge in [0.1, 0.15) is 6.04 Å². The Kier molecular flexibility index (Phi) is 6.49. The molecule has 104 valence electrons. The van der Waals surface area contributed by atoms with Crippen molar-refractivity contribution in [2.45, 2.75) is 51.1 Å². The van der Waals surface area contributed by atoms with E-state index in [2.05, 4.69) is 16.0 Å². The lowest BCUT2D eigenvalue weighted by atomic mass is 10.1. The third kappa shape index (κ3) is 5.35. The number of hydrogen-bond acceptors (Lipinski definition) is 3. The van der Waals surface area contributed by atoms with Gasteiger partial charge in [-0.1, -0.05) is 19.8 Å². The van der Waals surface area contributed by atoms with Crippen LogP contribution in [0.15, 0.2) is 0 Å². The van der Waals surface area contributed by atoms with Gasteiger partial charge in [-0.15, -0.1) is 0 Å². The minimum absolute atomic E-state index is 0.145. The fraction of sp³-hybridized carbons (Fsp3) is 0.833. The van der Waals surface area contributed by atoms with E-state index in [1.807, 2.05) is 6.92 Å². The molecule has 0 saturated carbocycles. The smallest absolute Gasteiger partial charge is 0.326 e. The fourth-order valence-corrected chi connectivity index (χ4v) is 2.02. The third-order valence-electron chi connectivity index (χ3n) is 3.12. The molecule has 0 aromatic rings. The summed E-state index contributed by atoms with van der Waals surface area (Å²) in [6, 6.07) is -1.01. The van der Waals surface area contributed by atoms with Crippen molar-refractivity contribution in [2.75, 3.05) is 13.1 Å². The van der Waals surface area contributed by atoms with Crippen LogP contribution >= 0.6 is 0 Å². The average Bonchev–Trinajstić information content (AvgIpc) is 2.35. The zero-order valence-corrected chi connectivity index (χ0v) is 10.9. The molecule has 4 N–H and O–H groups in total. The number of rotatable bonds is 6. The summed E-state index contributed by atoms with van der Waals surface area (Å²) in [5.74, 6) is -0.969. The molecule has 0 aliphatic carbocycles. The molecule has 18 heavy (non-hydrogen) atoms. The van der Waals surface area contributed by atoms with Gasteiger partial charge in [0.05, 0.1) is 0 Å². The molecule has 6 heteroatoms. The van der Waals surface area contributed by atoms with E-state index in [9.17, 15) is 9.59 Å². The first kappa shape index (κ1) is 14.8. The highest BCUT2D eigenvalue weighted by molar-refractivity contribution is 5.82. The standard InChI is InChI=1S/C12H23N3O3/c1-2-3-4-10(11(16)17)15-12(18)14-9-5-7-13-8-6-9/h9-10,13H,2-8H2,1H3,(H,16,17)(H2,14,15,18). The van der Waals surface area contributed by atoms with Crippen LogP contribution in [0.4, 0.5) is 4.79 Å². The SMILES string of the molecule is CCCCC(NC(=O)NC1CCNCC1)C(=O)O. The van der Waals surface area contributed by atoms with Crippen LogP contribution in [0.3, 0.4) is 0 Å². The van der Waals surface area contributed by atoms with Gasteiger partial charge in [-0.25, -0.2) is 9.59 Å². The number of carboxylic acid groups (broad SMARTS) is 1. The molecule has 1 rings (SSSR count). The van der Waals surface area contributed by atoms with Gasteiger partial charge in [0.2, 0.25) is 0 Å². The number of aliphatic carboxylic acids is 1. The molecule has 2 amide bonds. The Bertz CT molecular complexity index is 278. The van der Waals surface area contributed by atoms with Crippen LogP contribution in [0, 0.1) is 0 Å². The summed E-state index contributed by atoms with van der Waals surface area (Å²) in [5, 5.41) is 17.6. The third-order valence-corrected chi connectivity index (χ3v) is 3.12. The van der Waals surface area contributed by atoms with Crippen molar-refractivity contribution in [1.29, 1.82) is 0 Å². The van der Waals surface area contributed by atoms with Crippen molar-refractivity contribution < 1.29 is 14.7 Å². The van der Waals surface area contributed by atoms with Gasteiger partial charge in [0.25, 0.3) is 0 Å². The first-order chi connectivity index (χ1) is 8.63. The number of amides is 2. The molecule has 1 unspecified atom stereocenters. The summed E-state index contributed by atoms with van der Waals surface area (Å²) < 4.78 is 0. The van der Waals surface area contributed by atoms with Crippen molar-refractivity contribution in [1.82, 2.24) is 16.0 Å². The highest BCUT2D eigenvalue weighted by atomic mass is 16.4. The minimum Gasteiger partial charge on any atom is -0.480 e. The number of carbonyl (C=O) groups excluding carboxylic acids is 1. The van der Waals surface area contributed by atoms with Gasteiger partial charge >= 0.3 is 12.0 Å². The van der Waals surface area contributed by atoms with Crippen molar-refractivity contribution in [3.8, 4) is 0 Å². The Morgan fingerprint density at radius 2 is 2.06 bits per heavy atom. The van der Waals surface area contributed by atoms with Crippen molar-refractivity contribution >= 4 is 12.0 Å². The number of hydrogen-bond donors (Lipinski definition) is 4. The quantitative estimate of drug-likeness (QED) is 0.563. The molecule has 1 atom stereocenters. The summed E-state index contributed by atoms with van der Waals surface area (Å²) in [6.45, 7) is 3.78. The maximum absolute atomic E-state index is 11.7. The Balaban J connectivity index is 2.32. The Morgan fingerprint density at radius 1 is 1.39 bits per heavy atom. The van der Waals surface area contributed by atoms with Gasteiger partial charge < -0.3 is 21.1 Å². The molecule has 1 aliphatic rings. The van der Waals surface area contributed by atoms with Gasteiger partial charge in [-0.2, -0.15) is 0 Å².